The molecule has 4 heteroatoms. The van der Waals surface area contributed by atoms with Gasteiger partial charge in [-0.3, -0.25) is 10.2 Å². The molecule has 0 spiro atoms. The Bertz CT molecular complexity index is 288. The summed E-state index contributed by atoms with van der Waals surface area (Å²) in [7, 11) is 0. The molecule has 0 saturated carbocycles. The van der Waals surface area contributed by atoms with Gasteiger partial charge in [0, 0.05) is 6.42 Å². The van der Waals surface area contributed by atoms with Crippen LogP contribution in [-0.2, 0) is 4.79 Å². The lowest BCUT2D eigenvalue weighted by atomic mass is 10.2. The fourth-order valence-corrected chi connectivity index (χ4v) is 1.17. The molecule has 1 amide bonds. The number of rotatable bonds is 6. The molecule has 0 heterocycles. The molecule has 0 bridgehead atoms. The quantitative estimate of drug-likeness (QED) is 0.320. The van der Waals surface area contributed by atoms with Gasteiger partial charge in [0.15, 0.2) is 0 Å². The molecule has 1 rings (SSSR count). The first-order valence-electron chi connectivity index (χ1n) is 5.00. The molecule has 0 aliphatic heterocycles. The Labute approximate surface area is 89.4 Å². The summed E-state index contributed by atoms with van der Waals surface area (Å²) >= 11 is 0. The number of hydrogen-bond donors (Lipinski definition) is 2. The number of ether oxygens (including phenoxy) is 1. The Hall–Kier alpha value is -1.55. The number of hydrazine groups is 1. The predicted molar refractivity (Wildman–Crippen MR) is 58.1 cm³/mol. The number of benzene rings is 1. The fourth-order valence-electron chi connectivity index (χ4n) is 1.17. The van der Waals surface area contributed by atoms with E-state index in [0.717, 1.165) is 18.6 Å². The maximum absolute atomic E-state index is 10.8. The average molecular weight is 208 g/mol. The SMILES string of the molecule is NNC(=O)CCCCOc1ccccc1. The minimum atomic E-state index is -0.130. The fraction of sp³-hybridized carbons (Fsp3) is 0.364. The molecule has 1 aromatic rings. The number of carbonyl (C=O) groups excluding carboxylic acids is 1. The van der Waals surface area contributed by atoms with E-state index in [1.165, 1.54) is 0 Å². The molecule has 15 heavy (non-hydrogen) atoms. The Morgan fingerprint density at radius 2 is 2.00 bits per heavy atom. The molecule has 0 atom stereocenters. The molecule has 4 nitrogen and oxygen atoms in total. The van der Waals surface area contributed by atoms with E-state index in [2.05, 4.69) is 5.43 Å². The zero-order chi connectivity index (χ0) is 10.9. The summed E-state index contributed by atoms with van der Waals surface area (Å²) in [5.41, 5.74) is 2.09. The van der Waals surface area contributed by atoms with Gasteiger partial charge in [0.1, 0.15) is 5.75 Å². The molecule has 0 saturated heterocycles. The minimum absolute atomic E-state index is 0.130. The molecule has 0 fully saturated rings. The first-order chi connectivity index (χ1) is 7.33. The molecule has 0 radical (unpaired) electrons. The van der Waals surface area contributed by atoms with Crippen LogP contribution in [0.15, 0.2) is 30.3 Å². The normalized spacial score (nSPS) is 9.67. The van der Waals surface area contributed by atoms with E-state index in [9.17, 15) is 4.79 Å². The van der Waals surface area contributed by atoms with Gasteiger partial charge < -0.3 is 4.74 Å². The maximum Gasteiger partial charge on any atom is 0.233 e. The van der Waals surface area contributed by atoms with Crippen LogP contribution in [0.2, 0.25) is 0 Å². The summed E-state index contributed by atoms with van der Waals surface area (Å²) in [6, 6.07) is 9.62. The molecule has 1 aromatic carbocycles. The monoisotopic (exact) mass is 208 g/mol. The number of nitrogens with one attached hydrogen (secondary N) is 1. The lowest BCUT2D eigenvalue weighted by molar-refractivity contribution is -0.121. The van der Waals surface area contributed by atoms with E-state index < -0.39 is 0 Å². The van der Waals surface area contributed by atoms with Gasteiger partial charge in [0.2, 0.25) is 5.91 Å². The van der Waals surface area contributed by atoms with Crippen LogP contribution in [0.4, 0.5) is 0 Å². The van der Waals surface area contributed by atoms with Gasteiger partial charge in [-0.1, -0.05) is 18.2 Å². The van der Waals surface area contributed by atoms with Crippen LogP contribution in [-0.4, -0.2) is 12.5 Å². The van der Waals surface area contributed by atoms with Crippen molar-refractivity contribution in [1.82, 2.24) is 5.43 Å². The van der Waals surface area contributed by atoms with Crippen LogP contribution in [0.3, 0.4) is 0 Å². The van der Waals surface area contributed by atoms with Crippen molar-refractivity contribution >= 4 is 5.91 Å². The van der Waals surface area contributed by atoms with Crippen LogP contribution < -0.4 is 16.0 Å². The van der Waals surface area contributed by atoms with Crippen molar-refractivity contribution in [3.8, 4) is 5.75 Å². The van der Waals surface area contributed by atoms with Crippen LogP contribution in [0, 0.1) is 0 Å². The first-order valence-corrected chi connectivity index (χ1v) is 5.00. The molecule has 3 N–H and O–H groups in total. The van der Waals surface area contributed by atoms with Gasteiger partial charge >= 0.3 is 0 Å². The van der Waals surface area contributed by atoms with E-state index in [1.807, 2.05) is 30.3 Å². The Morgan fingerprint density at radius 1 is 1.27 bits per heavy atom. The van der Waals surface area contributed by atoms with E-state index in [4.69, 9.17) is 10.6 Å². The molecule has 0 unspecified atom stereocenters. The second-order valence-electron chi connectivity index (χ2n) is 3.19. The van der Waals surface area contributed by atoms with Crippen molar-refractivity contribution in [2.45, 2.75) is 19.3 Å². The van der Waals surface area contributed by atoms with Crippen molar-refractivity contribution in [2.24, 2.45) is 5.84 Å². The highest BCUT2D eigenvalue weighted by atomic mass is 16.5. The third kappa shape index (κ3) is 5.02. The Balaban J connectivity index is 2.05. The van der Waals surface area contributed by atoms with Gasteiger partial charge in [-0.25, -0.2) is 5.84 Å². The zero-order valence-electron chi connectivity index (χ0n) is 8.61. The van der Waals surface area contributed by atoms with Crippen molar-refractivity contribution in [3.05, 3.63) is 30.3 Å². The zero-order valence-corrected chi connectivity index (χ0v) is 8.61. The average Bonchev–Trinajstić information content (AvgIpc) is 2.29. The molecular formula is C11H16N2O2. The Kier molecular flexibility index (Phi) is 5.25. The van der Waals surface area contributed by atoms with Crippen LogP contribution in [0.25, 0.3) is 0 Å². The highest BCUT2D eigenvalue weighted by molar-refractivity contribution is 5.75. The van der Waals surface area contributed by atoms with Crippen LogP contribution in [0.1, 0.15) is 19.3 Å². The second-order valence-corrected chi connectivity index (χ2v) is 3.19. The third-order valence-electron chi connectivity index (χ3n) is 1.97. The first kappa shape index (κ1) is 11.5. The van der Waals surface area contributed by atoms with Crippen molar-refractivity contribution in [1.29, 1.82) is 0 Å². The van der Waals surface area contributed by atoms with Crippen molar-refractivity contribution in [2.75, 3.05) is 6.61 Å². The lowest BCUT2D eigenvalue weighted by Gasteiger charge is -2.05. The molecule has 0 aromatic heterocycles. The number of unbranched alkanes of at least 4 members (excludes halogenated alkanes) is 1. The summed E-state index contributed by atoms with van der Waals surface area (Å²) in [4.78, 5) is 10.8. The number of carbonyl (C=O) groups is 1. The van der Waals surface area contributed by atoms with Gasteiger partial charge in [-0.15, -0.1) is 0 Å². The van der Waals surface area contributed by atoms with E-state index in [0.29, 0.717) is 13.0 Å². The molecular weight excluding hydrogens is 192 g/mol. The number of para-hydroxylation sites is 1. The highest BCUT2D eigenvalue weighted by Crippen LogP contribution is 2.09. The standard InChI is InChI=1S/C11H16N2O2/c12-13-11(14)8-4-5-9-15-10-6-2-1-3-7-10/h1-3,6-7H,4-5,8-9,12H2,(H,13,14). The molecule has 82 valence electrons. The summed E-state index contributed by atoms with van der Waals surface area (Å²) < 4.78 is 5.46. The van der Waals surface area contributed by atoms with Gasteiger partial charge in [-0.2, -0.15) is 0 Å². The topological polar surface area (TPSA) is 64.3 Å². The largest absolute Gasteiger partial charge is 0.494 e. The van der Waals surface area contributed by atoms with Gasteiger partial charge in [0.25, 0.3) is 0 Å². The van der Waals surface area contributed by atoms with Gasteiger partial charge in [-0.05, 0) is 25.0 Å². The Morgan fingerprint density at radius 3 is 2.67 bits per heavy atom. The number of hydrogen-bond acceptors (Lipinski definition) is 3. The van der Waals surface area contributed by atoms with E-state index in [1.54, 1.807) is 0 Å². The summed E-state index contributed by atoms with van der Waals surface area (Å²) in [6.07, 6.45) is 2.09. The van der Waals surface area contributed by atoms with Crippen LogP contribution >= 0.6 is 0 Å². The molecule has 0 aliphatic carbocycles. The van der Waals surface area contributed by atoms with Crippen LogP contribution in [0.5, 0.6) is 5.75 Å². The van der Waals surface area contributed by atoms with Gasteiger partial charge in [0.05, 0.1) is 6.61 Å². The second kappa shape index (κ2) is 6.84. The lowest BCUT2D eigenvalue weighted by Crippen LogP contribution is -2.29. The maximum atomic E-state index is 10.8. The summed E-state index contributed by atoms with van der Waals surface area (Å²) in [5.74, 6) is 5.68. The number of nitrogens with two attached hydrogens (primary N) is 1. The highest BCUT2D eigenvalue weighted by Gasteiger charge is 1.97. The summed E-state index contributed by atoms with van der Waals surface area (Å²) in [5, 5.41) is 0. The van der Waals surface area contributed by atoms with E-state index >= 15 is 0 Å². The van der Waals surface area contributed by atoms with Crippen molar-refractivity contribution in [3.63, 3.8) is 0 Å². The minimum Gasteiger partial charge on any atom is -0.494 e. The van der Waals surface area contributed by atoms with Crippen molar-refractivity contribution < 1.29 is 9.53 Å². The predicted octanol–water partition coefficient (Wildman–Crippen LogP) is 1.23. The van der Waals surface area contributed by atoms with E-state index in [-0.39, 0.29) is 5.91 Å². The smallest absolute Gasteiger partial charge is 0.233 e. The molecule has 0 aliphatic rings. The third-order valence-corrected chi connectivity index (χ3v) is 1.97. The summed E-state index contributed by atoms with van der Waals surface area (Å²) in [6.45, 7) is 0.627. The number of amides is 1.